The van der Waals surface area contributed by atoms with Crippen LogP contribution in [0.3, 0.4) is 0 Å². The Hall–Kier alpha value is -3.48. The number of nitrogens with zero attached hydrogens (tertiary/aromatic N) is 2. The van der Waals surface area contributed by atoms with Crippen LogP contribution < -0.4 is 16.2 Å². The minimum absolute atomic E-state index is 0.0876. The van der Waals surface area contributed by atoms with E-state index in [0.29, 0.717) is 23.6 Å². The zero-order chi connectivity index (χ0) is 22.7. The first-order valence-corrected chi connectivity index (χ1v) is 11.1. The molecule has 3 N–H and O–H groups in total. The molecule has 32 heavy (non-hydrogen) atoms. The van der Waals surface area contributed by atoms with Gasteiger partial charge in [-0.05, 0) is 75.8 Å². The lowest BCUT2D eigenvalue weighted by Crippen LogP contribution is -2.45. The third-order valence-electron chi connectivity index (χ3n) is 6.12. The maximum absolute atomic E-state index is 13.1. The van der Waals surface area contributed by atoms with E-state index in [1.165, 1.54) is 0 Å². The molecule has 0 saturated carbocycles. The number of pyridine rings is 1. The Morgan fingerprint density at radius 2 is 2.00 bits per heavy atom. The quantitative estimate of drug-likeness (QED) is 0.544. The van der Waals surface area contributed by atoms with Gasteiger partial charge in [-0.2, -0.15) is 0 Å². The van der Waals surface area contributed by atoms with Crippen LogP contribution in [0.1, 0.15) is 66.1 Å². The van der Waals surface area contributed by atoms with Gasteiger partial charge in [-0.15, -0.1) is 0 Å². The molecule has 1 aliphatic rings. The number of carbonyl (C=O) groups is 1. The van der Waals surface area contributed by atoms with Gasteiger partial charge < -0.3 is 15.6 Å². The number of anilines is 2. The van der Waals surface area contributed by atoms with E-state index < -0.39 is 5.54 Å². The first kappa shape index (κ1) is 21.7. The topological polar surface area (TPSA) is 99.8 Å². The molecule has 1 aliphatic carbocycles. The van der Waals surface area contributed by atoms with Gasteiger partial charge >= 0.3 is 0 Å². The molecular formula is C25H29N5O2. The number of hydrogen-bond acceptors (Lipinski definition) is 5. The fraction of sp³-hybridized carbons (Fsp3) is 0.360. The van der Waals surface area contributed by atoms with E-state index in [4.69, 9.17) is 4.98 Å². The van der Waals surface area contributed by atoms with Crippen molar-refractivity contribution in [3.63, 3.8) is 0 Å². The molecule has 1 amide bonds. The molecule has 166 valence electrons. The van der Waals surface area contributed by atoms with Crippen molar-refractivity contribution in [3.8, 4) is 0 Å². The summed E-state index contributed by atoms with van der Waals surface area (Å²) in [7, 11) is 0. The van der Waals surface area contributed by atoms with Crippen LogP contribution in [0.25, 0.3) is 0 Å². The van der Waals surface area contributed by atoms with Crippen molar-refractivity contribution < 1.29 is 4.79 Å². The number of carbonyl (C=O) groups excluding carboxylic acids is 1. The summed E-state index contributed by atoms with van der Waals surface area (Å²) < 4.78 is 0. The van der Waals surface area contributed by atoms with Gasteiger partial charge in [-0.25, -0.2) is 9.97 Å². The van der Waals surface area contributed by atoms with E-state index in [9.17, 15) is 9.59 Å². The summed E-state index contributed by atoms with van der Waals surface area (Å²) >= 11 is 0. The lowest BCUT2D eigenvalue weighted by atomic mass is 9.93. The Morgan fingerprint density at radius 1 is 1.19 bits per heavy atom. The summed E-state index contributed by atoms with van der Waals surface area (Å²) in [5.74, 6) is 0.995. The predicted octanol–water partition coefficient (Wildman–Crippen LogP) is 4.15. The average Bonchev–Trinajstić information content (AvgIpc) is 2.80. The van der Waals surface area contributed by atoms with Crippen LogP contribution in [0.15, 0.2) is 47.4 Å². The number of rotatable bonds is 6. The Balaban J connectivity index is 1.56. The highest BCUT2D eigenvalue weighted by Crippen LogP contribution is 2.25. The number of benzene rings is 1. The number of nitrogens with one attached hydrogen (secondary N) is 3. The van der Waals surface area contributed by atoms with Crippen molar-refractivity contribution in [1.82, 2.24) is 20.3 Å². The fourth-order valence-electron chi connectivity index (χ4n) is 3.93. The van der Waals surface area contributed by atoms with Gasteiger partial charge in [0.05, 0.1) is 11.2 Å². The van der Waals surface area contributed by atoms with Crippen molar-refractivity contribution in [2.75, 3.05) is 5.32 Å². The van der Waals surface area contributed by atoms with Gasteiger partial charge in [0.25, 0.3) is 11.5 Å². The molecule has 2 aromatic heterocycles. The highest BCUT2D eigenvalue weighted by atomic mass is 16.2. The van der Waals surface area contributed by atoms with Crippen molar-refractivity contribution in [2.24, 2.45) is 0 Å². The van der Waals surface area contributed by atoms with Gasteiger partial charge in [0.1, 0.15) is 11.6 Å². The average molecular weight is 432 g/mol. The van der Waals surface area contributed by atoms with E-state index >= 15 is 0 Å². The number of hydrogen-bond donors (Lipinski definition) is 3. The Morgan fingerprint density at radius 3 is 2.75 bits per heavy atom. The summed E-state index contributed by atoms with van der Waals surface area (Å²) in [5.41, 5.74) is 3.14. The Labute approximate surface area is 187 Å². The highest BCUT2D eigenvalue weighted by Gasteiger charge is 2.31. The number of aromatic amines is 1. The molecule has 7 heteroatoms. The molecule has 1 aromatic carbocycles. The molecule has 0 aliphatic heterocycles. The molecule has 7 nitrogen and oxygen atoms in total. The normalized spacial score (nSPS) is 14.8. The maximum atomic E-state index is 13.1. The van der Waals surface area contributed by atoms with Crippen LogP contribution in [-0.4, -0.2) is 20.9 Å². The Kier molecular flexibility index (Phi) is 6.08. The first-order valence-electron chi connectivity index (χ1n) is 11.1. The molecule has 0 saturated heterocycles. The zero-order valence-corrected chi connectivity index (χ0v) is 18.8. The molecule has 0 bridgehead atoms. The van der Waals surface area contributed by atoms with Gasteiger partial charge in [0.2, 0.25) is 0 Å². The van der Waals surface area contributed by atoms with Crippen molar-refractivity contribution in [2.45, 2.75) is 58.4 Å². The smallest absolute Gasteiger partial charge is 0.254 e. The molecule has 3 aromatic rings. The lowest BCUT2D eigenvalue weighted by molar-refractivity contribution is 0.0897. The third-order valence-corrected chi connectivity index (χ3v) is 6.12. The van der Waals surface area contributed by atoms with Gasteiger partial charge in [0.15, 0.2) is 0 Å². The fourth-order valence-corrected chi connectivity index (χ4v) is 3.93. The monoisotopic (exact) mass is 431 g/mol. The molecule has 4 rings (SSSR count). The van der Waals surface area contributed by atoms with Crippen LogP contribution in [0, 0.1) is 6.92 Å². The standard InChI is InChI=1S/C25H29N5O2/c1-4-25(3,24-28-20-11-6-5-10-19(20)23(32)29-24)30-22(31)17-8-7-9-18(14-17)27-21-13-12-16(2)15-26-21/h7-9,12-15H,4-6,10-11H2,1-3H3,(H,26,27)(H,30,31)(H,28,29,32). The minimum atomic E-state index is -0.787. The largest absolute Gasteiger partial charge is 0.340 e. The van der Waals surface area contributed by atoms with Crippen LogP contribution in [0.5, 0.6) is 0 Å². The second-order valence-corrected chi connectivity index (χ2v) is 8.61. The summed E-state index contributed by atoms with van der Waals surface area (Å²) in [5, 5.41) is 6.32. The molecule has 1 unspecified atom stereocenters. The van der Waals surface area contributed by atoms with E-state index in [0.717, 1.165) is 48.2 Å². The summed E-state index contributed by atoms with van der Waals surface area (Å²) in [6.45, 7) is 5.86. The SMILES string of the molecule is CCC(C)(NC(=O)c1cccc(Nc2ccc(C)cn2)c1)c1nc2c(c(=O)[nH]1)CCCC2. The molecule has 0 spiro atoms. The van der Waals surface area contributed by atoms with Crippen LogP contribution in [-0.2, 0) is 18.4 Å². The van der Waals surface area contributed by atoms with Crippen LogP contribution in [0.4, 0.5) is 11.5 Å². The predicted molar refractivity (Wildman–Crippen MR) is 125 cm³/mol. The molecule has 0 radical (unpaired) electrons. The summed E-state index contributed by atoms with van der Waals surface area (Å²) in [4.78, 5) is 37.8. The first-order chi connectivity index (χ1) is 15.4. The lowest BCUT2D eigenvalue weighted by Gasteiger charge is -2.30. The number of fused-ring (bicyclic) bond motifs is 1. The molecule has 2 heterocycles. The second kappa shape index (κ2) is 8.94. The number of amides is 1. The summed E-state index contributed by atoms with van der Waals surface area (Å²) in [6.07, 6.45) is 6.00. The molecule has 0 fully saturated rings. The van der Waals surface area contributed by atoms with E-state index in [-0.39, 0.29) is 11.5 Å². The number of aromatic nitrogens is 3. The van der Waals surface area contributed by atoms with E-state index in [1.807, 2.05) is 45.0 Å². The molecule has 1 atom stereocenters. The number of aryl methyl sites for hydroxylation is 2. The van der Waals surface area contributed by atoms with Crippen molar-refractivity contribution in [3.05, 3.63) is 81.2 Å². The van der Waals surface area contributed by atoms with Gasteiger partial charge in [-0.3, -0.25) is 9.59 Å². The van der Waals surface area contributed by atoms with Crippen LogP contribution >= 0.6 is 0 Å². The highest BCUT2D eigenvalue weighted by molar-refractivity contribution is 5.95. The Bertz CT molecular complexity index is 1190. The minimum Gasteiger partial charge on any atom is -0.340 e. The van der Waals surface area contributed by atoms with Crippen molar-refractivity contribution >= 4 is 17.4 Å². The van der Waals surface area contributed by atoms with Gasteiger partial charge in [0, 0.05) is 23.0 Å². The second-order valence-electron chi connectivity index (χ2n) is 8.61. The van der Waals surface area contributed by atoms with Gasteiger partial charge in [-0.1, -0.05) is 19.1 Å². The van der Waals surface area contributed by atoms with Crippen LogP contribution in [0.2, 0.25) is 0 Å². The maximum Gasteiger partial charge on any atom is 0.254 e. The van der Waals surface area contributed by atoms with Crippen molar-refractivity contribution in [1.29, 1.82) is 0 Å². The molecular weight excluding hydrogens is 402 g/mol. The summed E-state index contributed by atoms with van der Waals surface area (Å²) in [6, 6.07) is 11.1. The third kappa shape index (κ3) is 4.56. The zero-order valence-electron chi connectivity index (χ0n) is 18.8. The number of H-pyrrole nitrogens is 1. The van der Waals surface area contributed by atoms with E-state index in [1.54, 1.807) is 18.3 Å². The van der Waals surface area contributed by atoms with E-state index in [2.05, 4.69) is 20.6 Å².